The minimum absolute atomic E-state index is 0.0533. The molecule has 0 saturated carbocycles. The zero-order chi connectivity index (χ0) is 9.14. The van der Waals surface area contributed by atoms with Gasteiger partial charge in [-0.3, -0.25) is 0 Å². The summed E-state index contributed by atoms with van der Waals surface area (Å²) in [5.41, 5.74) is -0.0533. The molecule has 1 aliphatic rings. The third-order valence-corrected chi connectivity index (χ3v) is 1.11. The van der Waals surface area contributed by atoms with E-state index in [1.54, 1.807) is 0 Å². The second-order valence-corrected chi connectivity index (χ2v) is 1.98. The maximum Gasteiger partial charge on any atom is 0.346 e. The van der Waals surface area contributed by atoms with Crippen molar-refractivity contribution in [1.29, 1.82) is 0 Å². The monoisotopic (exact) mass is 168 g/mol. The van der Waals surface area contributed by atoms with Gasteiger partial charge < -0.3 is 9.84 Å². The van der Waals surface area contributed by atoms with E-state index < -0.39 is 17.9 Å². The number of hydrogen-bond donors (Lipinski definition) is 1. The molecule has 1 aliphatic heterocycles. The normalized spacial score (nSPS) is 16.5. The maximum absolute atomic E-state index is 10.6. The molecular formula is C7H4O5. The largest absolute Gasteiger partial charge is 0.478 e. The molecule has 0 radical (unpaired) electrons. The number of carbonyl (C=O) groups excluding carboxylic acids is 2. The summed E-state index contributed by atoms with van der Waals surface area (Å²) >= 11 is 0. The standard InChI is InChI=1S/C7H4O5/c8-5(9)2-1-4-3-6(10)12-7(4)11/h1-3H,(H,8,9). The molecule has 0 spiro atoms. The smallest absolute Gasteiger partial charge is 0.346 e. The van der Waals surface area contributed by atoms with Crippen molar-refractivity contribution in [2.45, 2.75) is 0 Å². The molecule has 0 unspecified atom stereocenters. The van der Waals surface area contributed by atoms with Crippen LogP contribution in [0, 0.1) is 0 Å². The van der Waals surface area contributed by atoms with Crippen LogP contribution in [0.2, 0.25) is 0 Å². The highest BCUT2D eigenvalue weighted by Crippen LogP contribution is 2.08. The van der Waals surface area contributed by atoms with Gasteiger partial charge in [0, 0.05) is 12.2 Å². The zero-order valence-electron chi connectivity index (χ0n) is 5.81. The summed E-state index contributed by atoms with van der Waals surface area (Å²) in [6.45, 7) is 0. The van der Waals surface area contributed by atoms with Crippen molar-refractivity contribution in [3.05, 3.63) is 23.8 Å². The number of cyclic esters (lactones) is 2. The summed E-state index contributed by atoms with van der Waals surface area (Å²) in [6, 6.07) is 0. The first-order valence-electron chi connectivity index (χ1n) is 2.98. The molecular weight excluding hydrogens is 164 g/mol. The Balaban J connectivity index is 2.77. The second-order valence-electron chi connectivity index (χ2n) is 1.98. The average molecular weight is 168 g/mol. The number of hydrogen-bond acceptors (Lipinski definition) is 4. The molecule has 5 nitrogen and oxygen atoms in total. The van der Waals surface area contributed by atoms with Crippen LogP contribution in [0.1, 0.15) is 0 Å². The van der Waals surface area contributed by atoms with Gasteiger partial charge in [0.15, 0.2) is 0 Å². The Morgan fingerprint density at radius 2 is 2.17 bits per heavy atom. The molecule has 0 aromatic carbocycles. The fourth-order valence-electron chi connectivity index (χ4n) is 0.643. The molecule has 0 aliphatic carbocycles. The van der Waals surface area contributed by atoms with Crippen LogP contribution in [0.5, 0.6) is 0 Å². The summed E-state index contributed by atoms with van der Waals surface area (Å²) < 4.78 is 4.09. The summed E-state index contributed by atoms with van der Waals surface area (Å²) in [7, 11) is 0. The van der Waals surface area contributed by atoms with Crippen molar-refractivity contribution in [2.75, 3.05) is 0 Å². The first kappa shape index (κ1) is 8.19. The highest BCUT2D eigenvalue weighted by atomic mass is 16.6. The van der Waals surface area contributed by atoms with Crippen LogP contribution in [-0.4, -0.2) is 23.0 Å². The molecule has 5 heteroatoms. The summed E-state index contributed by atoms with van der Waals surface area (Å²) in [5.74, 6) is -2.79. The number of rotatable bonds is 2. The SMILES string of the molecule is O=C(O)C=CC1=CC(=O)OC1=O. The van der Waals surface area contributed by atoms with E-state index in [2.05, 4.69) is 4.74 Å². The number of carbonyl (C=O) groups is 3. The Morgan fingerprint density at radius 1 is 1.50 bits per heavy atom. The predicted octanol–water partition coefficient (Wildman–Crippen LogP) is -0.363. The number of carboxylic acids is 1. The van der Waals surface area contributed by atoms with Gasteiger partial charge in [-0.2, -0.15) is 0 Å². The third-order valence-electron chi connectivity index (χ3n) is 1.11. The summed E-state index contributed by atoms with van der Waals surface area (Å²) in [6.07, 6.45) is 2.70. The molecule has 0 aromatic rings. The van der Waals surface area contributed by atoms with Crippen molar-refractivity contribution < 1.29 is 24.2 Å². The molecule has 62 valence electrons. The van der Waals surface area contributed by atoms with Gasteiger partial charge in [0.05, 0.1) is 5.57 Å². The maximum atomic E-state index is 10.6. The van der Waals surface area contributed by atoms with E-state index in [9.17, 15) is 14.4 Å². The quantitative estimate of drug-likeness (QED) is 0.346. The van der Waals surface area contributed by atoms with Crippen LogP contribution >= 0.6 is 0 Å². The number of esters is 2. The van der Waals surface area contributed by atoms with E-state index in [0.29, 0.717) is 0 Å². The third kappa shape index (κ3) is 1.79. The topological polar surface area (TPSA) is 80.7 Å². The molecule has 0 aromatic heterocycles. The number of aliphatic carboxylic acids is 1. The lowest BCUT2D eigenvalue weighted by Gasteiger charge is -1.86. The molecule has 0 atom stereocenters. The van der Waals surface area contributed by atoms with Crippen LogP contribution in [-0.2, 0) is 19.1 Å². The Kier molecular flexibility index (Phi) is 2.05. The molecule has 0 amide bonds. The highest BCUT2D eigenvalue weighted by Gasteiger charge is 2.21. The van der Waals surface area contributed by atoms with E-state index in [1.165, 1.54) is 0 Å². The van der Waals surface area contributed by atoms with Crippen molar-refractivity contribution in [2.24, 2.45) is 0 Å². The molecule has 1 N–H and O–H groups in total. The van der Waals surface area contributed by atoms with Crippen molar-refractivity contribution in [3.63, 3.8) is 0 Å². The Labute approximate surface area is 66.9 Å². The Morgan fingerprint density at radius 3 is 2.58 bits per heavy atom. The molecule has 1 rings (SSSR count). The lowest BCUT2D eigenvalue weighted by atomic mass is 10.2. The van der Waals surface area contributed by atoms with Crippen LogP contribution in [0.25, 0.3) is 0 Å². The lowest BCUT2D eigenvalue weighted by Crippen LogP contribution is -2.00. The van der Waals surface area contributed by atoms with Crippen LogP contribution in [0.4, 0.5) is 0 Å². The van der Waals surface area contributed by atoms with E-state index >= 15 is 0 Å². The second kappa shape index (κ2) is 3.00. The van der Waals surface area contributed by atoms with Crippen molar-refractivity contribution >= 4 is 17.9 Å². The molecule has 0 fully saturated rings. The van der Waals surface area contributed by atoms with Gasteiger partial charge in [-0.25, -0.2) is 14.4 Å². The van der Waals surface area contributed by atoms with E-state index in [4.69, 9.17) is 5.11 Å². The Hall–Kier alpha value is -1.91. The molecule has 0 bridgehead atoms. The van der Waals surface area contributed by atoms with Crippen LogP contribution in [0.15, 0.2) is 23.8 Å². The van der Waals surface area contributed by atoms with Crippen LogP contribution in [0.3, 0.4) is 0 Å². The molecule has 0 saturated heterocycles. The minimum atomic E-state index is -1.19. The fraction of sp³-hybridized carbons (Fsp3) is 0. The van der Waals surface area contributed by atoms with Crippen molar-refractivity contribution in [1.82, 2.24) is 0 Å². The summed E-state index contributed by atoms with van der Waals surface area (Å²) in [4.78, 5) is 31.0. The van der Waals surface area contributed by atoms with Crippen molar-refractivity contribution in [3.8, 4) is 0 Å². The highest BCUT2D eigenvalue weighted by molar-refractivity contribution is 6.10. The van der Waals surface area contributed by atoms with Crippen LogP contribution < -0.4 is 0 Å². The van der Waals surface area contributed by atoms with E-state index in [1.807, 2.05) is 0 Å². The number of ether oxygens (including phenoxy) is 1. The average Bonchev–Trinajstić information content (AvgIpc) is 2.26. The predicted molar refractivity (Wildman–Crippen MR) is 36.0 cm³/mol. The summed E-state index contributed by atoms with van der Waals surface area (Å²) in [5, 5.41) is 8.17. The minimum Gasteiger partial charge on any atom is -0.478 e. The van der Waals surface area contributed by atoms with Gasteiger partial charge in [0.1, 0.15) is 0 Å². The first-order chi connectivity index (χ1) is 5.59. The van der Waals surface area contributed by atoms with Gasteiger partial charge in [-0.15, -0.1) is 0 Å². The van der Waals surface area contributed by atoms with Gasteiger partial charge in [-0.1, -0.05) is 0 Å². The Bertz CT molecular complexity index is 310. The number of carboxylic acid groups (broad SMARTS) is 1. The van der Waals surface area contributed by atoms with Gasteiger partial charge >= 0.3 is 17.9 Å². The first-order valence-corrected chi connectivity index (χ1v) is 2.98. The van der Waals surface area contributed by atoms with Gasteiger partial charge in [-0.05, 0) is 6.08 Å². The molecule has 1 heterocycles. The van der Waals surface area contributed by atoms with E-state index in [0.717, 1.165) is 18.2 Å². The zero-order valence-corrected chi connectivity index (χ0v) is 5.81. The fourth-order valence-corrected chi connectivity index (χ4v) is 0.643. The molecule has 12 heavy (non-hydrogen) atoms. The van der Waals surface area contributed by atoms with Gasteiger partial charge in [0.2, 0.25) is 0 Å². The van der Waals surface area contributed by atoms with Gasteiger partial charge in [0.25, 0.3) is 0 Å². The lowest BCUT2D eigenvalue weighted by molar-refractivity contribution is -0.150. The van der Waals surface area contributed by atoms with E-state index in [-0.39, 0.29) is 5.57 Å².